The van der Waals surface area contributed by atoms with Crippen LogP contribution in [0.5, 0.6) is 0 Å². The Morgan fingerprint density at radius 3 is 2.19 bits per heavy atom. The van der Waals surface area contributed by atoms with Crippen LogP contribution in [0.3, 0.4) is 0 Å². The van der Waals surface area contributed by atoms with Gasteiger partial charge in [0.2, 0.25) is 0 Å². The fraction of sp³-hybridized carbons (Fsp3) is 0.273. The topological polar surface area (TPSA) is 29.0 Å². The summed E-state index contributed by atoms with van der Waals surface area (Å²) in [5.41, 5.74) is 4.43. The first-order valence-electron chi connectivity index (χ1n) is 9.12. The smallest absolute Gasteiger partial charge is 0.131 e. The number of likely N-dealkylation sites (tertiary alicyclic amines) is 1. The van der Waals surface area contributed by atoms with Crippen molar-refractivity contribution in [1.82, 2.24) is 14.9 Å². The summed E-state index contributed by atoms with van der Waals surface area (Å²) >= 11 is 0. The number of aromatic nitrogens is 2. The highest BCUT2D eigenvalue weighted by molar-refractivity contribution is 5.70. The lowest BCUT2D eigenvalue weighted by atomic mass is 9.98. The lowest BCUT2D eigenvalue weighted by Crippen LogP contribution is -2.23. The van der Waals surface area contributed by atoms with Gasteiger partial charge in [0.1, 0.15) is 12.1 Å². The molecule has 1 saturated heterocycles. The number of halogens is 1. The Morgan fingerprint density at radius 1 is 0.885 bits per heavy atom. The molecule has 1 fully saturated rings. The van der Waals surface area contributed by atoms with Gasteiger partial charge in [0, 0.05) is 29.6 Å². The Labute approximate surface area is 153 Å². The van der Waals surface area contributed by atoms with Gasteiger partial charge in [-0.2, -0.15) is 0 Å². The molecule has 1 aliphatic rings. The van der Waals surface area contributed by atoms with Crippen LogP contribution in [0.4, 0.5) is 4.39 Å². The first-order chi connectivity index (χ1) is 12.7. The summed E-state index contributed by atoms with van der Waals surface area (Å²) in [6.07, 6.45) is 7.28. The molecule has 1 unspecified atom stereocenters. The molecule has 3 aromatic rings. The molecule has 0 radical (unpaired) electrons. The number of benzene rings is 2. The van der Waals surface area contributed by atoms with Crippen molar-refractivity contribution in [1.29, 1.82) is 0 Å². The van der Waals surface area contributed by atoms with Gasteiger partial charge in [-0.15, -0.1) is 0 Å². The molecule has 2 aromatic carbocycles. The van der Waals surface area contributed by atoms with Crippen molar-refractivity contribution >= 4 is 0 Å². The van der Waals surface area contributed by atoms with Crippen LogP contribution in [0.25, 0.3) is 22.3 Å². The minimum atomic E-state index is -0.258. The van der Waals surface area contributed by atoms with Crippen LogP contribution in [-0.4, -0.2) is 28.0 Å². The van der Waals surface area contributed by atoms with Crippen molar-refractivity contribution in [3.63, 3.8) is 0 Å². The Morgan fingerprint density at radius 2 is 1.54 bits per heavy atom. The van der Waals surface area contributed by atoms with E-state index < -0.39 is 0 Å². The highest BCUT2D eigenvalue weighted by Crippen LogP contribution is 2.30. The molecule has 0 N–H and O–H groups in total. The fourth-order valence-electron chi connectivity index (χ4n) is 3.66. The molecule has 2 heterocycles. The van der Waals surface area contributed by atoms with Crippen molar-refractivity contribution < 1.29 is 4.39 Å². The maximum absolute atomic E-state index is 14.6. The first kappa shape index (κ1) is 16.9. The Bertz CT molecular complexity index is 872. The molecule has 0 spiro atoms. The number of hydrogen-bond acceptors (Lipinski definition) is 3. The zero-order chi connectivity index (χ0) is 17.9. The maximum Gasteiger partial charge on any atom is 0.131 e. The SMILES string of the molecule is CC(c1ccc(-c2ccc(-c3cncnc3)c(F)c2)cc1)N1CCCC1. The summed E-state index contributed by atoms with van der Waals surface area (Å²) in [4.78, 5) is 10.4. The normalized spacial score (nSPS) is 15.9. The van der Waals surface area contributed by atoms with Gasteiger partial charge < -0.3 is 0 Å². The third kappa shape index (κ3) is 3.37. The molecule has 3 nitrogen and oxygen atoms in total. The summed E-state index contributed by atoms with van der Waals surface area (Å²) in [5.74, 6) is -0.258. The van der Waals surface area contributed by atoms with Crippen molar-refractivity contribution in [3.8, 4) is 22.3 Å². The monoisotopic (exact) mass is 347 g/mol. The van der Waals surface area contributed by atoms with Crippen LogP contribution in [0.2, 0.25) is 0 Å². The van der Waals surface area contributed by atoms with Crippen LogP contribution in [-0.2, 0) is 0 Å². The molecule has 1 atom stereocenters. The molecule has 0 bridgehead atoms. The van der Waals surface area contributed by atoms with E-state index in [0.29, 0.717) is 17.2 Å². The van der Waals surface area contributed by atoms with E-state index >= 15 is 0 Å². The van der Waals surface area contributed by atoms with Gasteiger partial charge >= 0.3 is 0 Å². The van der Waals surface area contributed by atoms with Crippen molar-refractivity contribution in [2.24, 2.45) is 0 Å². The first-order valence-corrected chi connectivity index (χ1v) is 9.12. The minimum Gasteiger partial charge on any atom is -0.297 e. The number of nitrogens with zero attached hydrogens (tertiary/aromatic N) is 3. The second-order valence-corrected chi connectivity index (χ2v) is 6.86. The maximum atomic E-state index is 14.6. The van der Waals surface area contributed by atoms with Crippen LogP contribution < -0.4 is 0 Å². The molecule has 132 valence electrons. The van der Waals surface area contributed by atoms with E-state index in [1.54, 1.807) is 24.5 Å². The molecular formula is C22H22FN3. The van der Waals surface area contributed by atoms with Crippen molar-refractivity contribution in [2.75, 3.05) is 13.1 Å². The second kappa shape index (κ2) is 7.34. The van der Waals surface area contributed by atoms with Crippen LogP contribution >= 0.6 is 0 Å². The molecule has 1 aromatic heterocycles. The lowest BCUT2D eigenvalue weighted by molar-refractivity contribution is 0.263. The molecule has 4 heteroatoms. The fourth-order valence-corrected chi connectivity index (χ4v) is 3.66. The van der Waals surface area contributed by atoms with E-state index in [1.807, 2.05) is 6.07 Å². The Balaban J connectivity index is 1.57. The quantitative estimate of drug-likeness (QED) is 0.657. The minimum absolute atomic E-state index is 0.258. The molecule has 0 aliphatic carbocycles. The third-order valence-electron chi connectivity index (χ3n) is 5.26. The Hall–Kier alpha value is -2.59. The third-order valence-corrected chi connectivity index (χ3v) is 5.26. The van der Waals surface area contributed by atoms with Crippen LogP contribution in [0, 0.1) is 5.82 Å². The average molecular weight is 347 g/mol. The van der Waals surface area contributed by atoms with Crippen molar-refractivity contribution in [3.05, 3.63) is 72.6 Å². The Kier molecular flexibility index (Phi) is 4.76. The summed E-state index contributed by atoms with van der Waals surface area (Å²) in [5, 5.41) is 0. The zero-order valence-corrected chi connectivity index (χ0v) is 14.9. The largest absolute Gasteiger partial charge is 0.297 e. The number of hydrogen-bond donors (Lipinski definition) is 0. The lowest BCUT2D eigenvalue weighted by Gasteiger charge is -2.24. The van der Waals surface area contributed by atoms with Crippen LogP contribution in [0.1, 0.15) is 31.4 Å². The summed E-state index contributed by atoms with van der Waals surface area (Å²) in [6, 6.07) is 14.3. The van der Waals surface area contributed by atoms with E-state index in [0.717, 1.165) is 11.1 Å². The number of rotatable bonds is 4. The highest BCUT2D eigenvalue weighted by atomic mass is 19.1. The predicted octanol–water partition coefficient (Wildman–Crippen LogP) is 5.11. The molecule has 26 heavy (non-hydrogen) atoms. The van der Waals surface area contributed by atoms with Crippen molar-refractivity contribution in [2.45, 2.75) is 25.8 Å². The summed E-state index contributed by atoms with van der Waals surface area (Å²) in [6.45, 7) is 4.62. The van der Waals surface area contributed by atoms with E-state index in [4.69, 9.17) is 0 Å². The second-order valence-electron chi connectivity index (χ2n) is 6.86. The standard InChI is InChI=1S/C22H22FN3/c1-16(26-10-2-3-11-26)17-4-6-18(7-5-17)19-8-9-21(22(23)12-19)20-13-24-15-25-14-20/h4-9,12-16H,2-3,10-11H2,1H3. The zero-order valence-electron chi connectivity index (χ0n) is 14.9. The molecule has 0 amide bonds. The van der Waals surface area contributed by atoms with Gasteiger partial charge in [-0.05, 0) is 55.6 Å². The molecule has 1 aliphatic heterocycles. The van der Waals surface area contributed by atoms with Gasteiger partial charge in [-0.25, -0.2) is 14.4 Å². The van der Waals surface area contributed by atoms with E-state index in [9.17, 15) is 4.39 Å². The summed E-state index contributed by atoms with van der Waals surface area (Å²) < 4.78 is 14.6. The van der Waals surface area contributed by atoms with Gasteiger partial charge in [-0.3, -0.25) is 4.90 Å². The van der Waals surface area contributed by atoms with Crippen LogP contribution in [0.15, 0.2) is 61.2 Å². The van der Waals surface area contributed by atoms with Gasteiger partial charge in [-0.1, -0.05) is 36.4 Å². The molecular weight excluding hydrogens is 325 g/mol. The highest BCUT2D eigenvalue weighted by Gasteiger charge is 2.19. The predicted molar refractivity (Wildman–Crippen MR) is 102 cm³/mol. The average Bonchev–Trinajstić information content (AvgIpc) is 3.23. The van der Waals surface area contributed by atoms with E-state index in [-0.39, 0.29) is 5.82 Å². The van der Waals surface area contributed by atoms with E-state index in [1.165, 1.54) is 37.8 Å². The van der Waals surface area contributed by atoms with Gasteiger partial charge in [0.15, 0.2) is 0 Å². The molecule has 0 saturated carbocycles. The van der Waals surface area contributed by atoms with E-state index in [2.05, 4.69) is 46.1 Å². The summed E-state index contributed by atoms with van der Waals surface area (Å²) in [7, 11) is 0. The molecule has 4 rings (SSSR count). The van der Waals surface area contributed by atoms with Gasteiger partial charge in [0.05, 0.1) is 0 Å². The van der Waals surface area contributed by atoms with Gasteiger partial charge in [0.25, 0.3) is 0 Å².